The molecule has 1 aromatic rings. The predicted molar refractivity (Wildman–Crippen MR) is 82.5 cm³/mol. The molecule has 0 bridgehead atoms. The highest BCUT2D eigenvalue weighted by atomic mass is 15.2. The van der Waals surface area contributed by atoms with Gasteiger partial charge in [-0.2, -0.15) is 0 Å². The van der Waals surface area contributed by atoms with Gasteiger partial charge < -0.3 is 5.73 Å². The molecule has 0 aromatic heterocycles. The largest absolute Gasteiger partial charge is 0.329 e. The van der Waals surface area contributed by atoms with Crippen LogP contribution in [0.3, 0.4) is 0 Å². The Morgan fingerprint density at radius 3 is 2.32 bits per heavy atom. The first-order chi connectivity index (χ1) is 9.26. The second-order valence-electron chi connectivity index (χ2n) is 5.83. The molecule has 1 heterocycles. The minimum absolute atomic E-state index is 0.500. The molecule has 1 saturated heterocycles. The molecule has 2 atom stereocenters. The molecule has 2 heteroatoms. The molecule has 2 N–H and O–H groups in total. The van der Waals surface area contributed by atoms with Gasteiger partial charge in [-0.25, -0.2) is 0 Å². The lowest BCUT2D eigenvalue weighted by Crippen LogP contribution is -2.42. The number of hydrogen-bond acceptors (Lipinski definition) is 2. The van der Waals surface area contributed by atoms with Crippen LogP contribution in [-0.2, 0) is 6.42 Å². The Kier molecular flexibility index (Phi) is 5.41. The lowest BCUT2D eigenvalue weighted by atomic mass is 9.91. The lowest BCUT2D eigenvalue weighted by Gasteiger charge is -2.32. The maximum Gasteiger partial charge on any atom is 0.0284 e. The second kappa shape index (κ2) is 7.06. The molecule has 1 aromatic carbocycles. The van der Waals surface area contributed by atoms with E-state index in [1.807, 2.05) is 0 Å². The van der Waals surface area contributed by atoms with Crippen molar-refractivity contribution in [1.29, 1.82) is 0 Å². The zero-order valence-corrected chi connectivity index (χ0v) is 12.4. The van der Waals surface area contributed by atoms with Crippen LogP contribution in [0.25, 0.3) is 0 Å². The van der Waals surface area contributed by atoms with Gasteiger partial charge in [0.15, 0.2) is 0 Å². The summed E-state index contributed by atoms with van der Waals surface area (Å²) in [6.07, 6.45) is 5.06. The van der Waals surface area contributed by atoms with E-state index in [-0.39, 0.29) is 0 Å². The molecule has 2 nitrogen and oxygen atoms in total. The topological polar surface area (TPSA) is 29.3 Å². The fourth-order valence-electron chi connectivity index (χ4n) is 3.24. The first-order valence-corrected chi connectivity index (χ1v) is 7.79. The van der Waals surface area contributed by atoms with E-state index >= 15 is 0 Å². The molecule has 19 heavy (non-hydrogen) atoms. The first-order valence-electron chi connectivity index (χ1n) is 7.79. The summed E-state index contributed by atoms with van der Waals surface area (Å²) < 4.78 is 0. The smallest absolute Gasteiger partial charge is 0.0284 e. The Morgan fingerprint density at radius 1 is 1.16 bits per heavy atom. The van der Waals surface area contributed by atoms with Gasteiger partial charge in [0.1, 0.15) is 0 Å². The maximum absolute atomic E-state index is 6.03. The zero-order valence-electron chi connectivity index (χ0n) is 12.4. The van der Waals surface area contributed by atoms with Crippen molar-refractivity contribution in [2.24, 2.45) is 5.73 Å². The van der Waals surface area contributed by atoms with Gasteiger partial charge in [0.05, 0.1) is 0 Å². The van der Waals surface area contributed by atoms with E-state index in [1.165, 1.54) is 49.9 Å². The molecule has 0 saturated carbocycles. The van der Waals surface area contributed by atoms with Crippen LogP contribution in [0.2, 0.25) is 0 Å². The zero-order chi connectivity index (χ0) is 13.7. The van der Waals surface area contributed by atoms with Crippen LogP contribution in [0, 0.1) is 0 Å². The number of hydrogen-bond donors (Lipinski definition) is 1. The van der Waals surface area contributed by atoms with Gasteiger partial charge >= 0.3 is 0 Å². The summed E-state index contributed by atoms with van der Waals surface area (Å²) in [6.45, 7) is 7.76. The van der Waals surface area contributed by atoms with Crippen molar-refractivity contribution in [1.82, 2.24) is 4.90 Å². The normalized spacial score (nSPS) is 19.5. The van der Waals surface area contributed by atoms with Crippen molar-refractivity contribution in [3.05, 3.63) is 35.4 Å². The Bertz CT molecular complexity index is 365. The van der Waals surface area contributed by atoms with Crippen LogP contribution in [0.4, 0.5) is 0 Å². The number of benzene rings is 1. The van der Waals surface area contributed by atoms with Crippen molar-refractivity contribution in [2.45, 2.75) is 51.5 Å². The minimum atomic E-state index is 0.500. The van der Waals surface area contributed by atoms with E-state index in [2.05, 4.69) is 43.0 Å². The molecule has 0 aliphatic carbocycles. The van der Waals surface area contributed by atoms with Crippen molar-refractivity contribution < 1.29 is 0 Å². The molecule has 1 aliphatic rings. The predicted octanol–water partition coefficient (Wildman–Crippen LogP) is 3.17. The second-order valence-corrected chi connectivity index (χ2v) is 5.83. The van der Waals surface area contributed by atoms with Gasteiger partial charge in [-0.1, -0.05) is 44.5 Å². The number of aryl methyl sites for hydroxylation is 1. The van der Waals surface area contributed by atoms with Gasteiger partial charge in [-0.15, -0.1) is 0 Å². The maximum atomic E-state index is 6.03. The molecule has 2 rings (SSSR count). The van der Waals surface area contributed by atoms with E-state index in [9.17, 15) is 0 Å². The fraction of sp³-hybridized carbons (Fsp3) is 0.647. The lowest BCUT2D eigenvalue weighted by molar-refractivity contribution is 0.221. The van der Waals surface area contributed by atoms with Crippen molar-refractivity contribution in [2.75, 3.05) is 19.6 Å². The van der Waals surface area contributed by atoms with Crippen LogP contribution < -0.4 is 5.73 Å². The average Bonchev–Trinajstić information content (AvgIpc) is 2.95. The quantitative estimate of drug-likeness (QED) is 0.851. The first kappa shape index (κ1) is 14.5. The van der Waals surface area contributed by atoms with Gasteiger partial charge in [-0.05, 0) is 49.4 Å². The monoisotopic (exact) mass is 260 g/mol. The summed E-state index contributed by atoms with van der Waals surface area (Å²) in [5.41, 5.74) is 8.91. The molecule has 0 amide bonds. The summed E-state index contributed by atoms with van der Waals surface area (Å²) >= 11 is 0. The fourth-order valence-corrected chi connectivity index (χ4v) is 3.24. The average molecular weight is 260 g/mol. The van der Waals surface area contributed by atoms with Crippen LogP contribution in [-0.4, -0.2) is 30.6 Å². The van der Waals surface area contributed by atoms with Crippen LogP contribution in [0.15, 0.2) is 24.3 Å². The summed E-state index contributed by atoms with van der Waals surface area (Å²) in [4.78, 5) is 2.57. The molecule has 0 spiro atoms. The Hall–Kier alpha value is -0.860. The van der Waals surface area contributed by atoms with E-state index in [4.69, 9.17) is 5.73 Å². The summed E-state index contributed by atoms with van der Waals surface area (Å²) in [7, 11) is 0. The molecule has 2 unspecified atom stereocenters. The van der Waals surface area contributed by atoms with Gasteiger partial charge in [-0.3, -0.25) is 4.90 Å². The molecule has 0 radical (unpaired) electrons. The number of nitrogens with two attached hydrogens (primary N) is 1. The molecule has 1 aliphatic heterocycles. The van der Waals surface area contributed by atoms with E-state index < -0.39 is 0 Å². The van der Waals surface area contributed by atoms with E-state index in [1.54, 1.807) is 0 Å². The van der Waals surface area contributed by atoms with Gasteiger partial charge in [0.2, 0.25) is 0 Å². The van der Waals surface area contributed by atoms with Crippen molar-refractivity contribution in [3.63, 3.8) is 0 Å². The van der Waals surface area contributed by atoms with E-state index in [0.29, 0.717) is 12.0 Å². The third-order valence-electron chi connectivity index (χ3n) is 4.47. The highest BCUT2D eigenvalue weighted by molar-refractivity contribution is 5.26. The number of rotatable bonds is 6. The minimum Gasteiger partial charge on any atom is -0.329 e. The summed E-state index contributed by atoms with van der Waals surface area (Å²) in [5.74, 6) is 0.527. The Morgan fingerprint density at radius 2 is 1.79 bits per heavy atom. The third kappa shape index (κ3) is 3.58. The highest BCUT2D eigenvalue weighted by Gasteiger charge is 2.26. The highest BCUT2D eigenvalue weighted by Crippen LogP contribution is 2.25. The SMILES string of the molecule is CCCc1ccc(C(C)C(CN)N2CCCC2)cc1. The van der Waals surface area contributed by atoms with Crippen LogP contribution in [0.1, 0.15) is 50.2 Å². The van der Waals surface area contributed by atoms with Gasteiger partial charge in [0.25, 0.3) is 0 Å². The summed E-state index contributed by atoms with van der Waals surface area (Å²) in [5, 5.41) is 0. The van der Waals surface area contributed by atoms with Crippen LogP contribution in [0.5, 0.6) is 0 Å². The standard InChI is InChI=1S/C17H28N2/c1-3-6-15-7-9-16(10-8-15)14(2)17(13-18)19-11-4-5-12-19/h7-10,14,17H,3-6,11-13,18H2,1-2H3. The van der Waals surface area contributed by atoms with Gasteiger partial charge in [0, 0.05) is 12.6 Å². The van der Waals surface area contributed by atoms with Crippen molar-refractivity contribution >= 4 is 0 Å². The third-order valence-corrected chi connectivity index (χ3v) is 4.47. The Labute approximate surface area is 118 Å². The number of likely N-dealkylation sites (tertiary alicyclic amines) is 1. The molecule has 106 valence electrons. The number of nitrogens with zero attached hydrogens (tertiary/aromatic N) is 1. The molecule has 1 fully saturated rings. The van der Waals surface area contributed by atoms with Crippen molar-refractivity contribution in [3.8, 4) is 0 Å². The summed E-state index contributed by atoms with van der Waals surface area (Å²) in [6, 6.07) is 9.67. The molecular weight excluding hydrogens is 232 g/mol. The van der Waals surface area contributed by atoms with Crippen LogP contribution >= 0.6 is 0 Å². The van der Waals surface area contributed by atoms with E-state index in [0.717, 1.165) is 6.54 Å². The molecular formula is C17H28N2. The Balaban J connectivity index is 2.05.